The molecule has 6 heteroatoms. The van der Waals surface area contributed by atoms with E-state index in [2.05, 4.69) is 15.1 Å². The SMILES string of the molecule is Nc1cccc(-c2noc(-c3cncc(F)c3)n2)c1. The quantitative estimate of drug-likeness (QED) is 0.713. The number of hydrogen-bond acceptors (Lipinski definition) is 5. The van der Waals surface area contributed by atoms with Crippen molar-refractivity contribution in [1.29, 1.82) is 0 Å². The van der Waals surface area contributed by atoms with Crippen LogP contribution in [0.1, 0.15) is 0 Å². The van der Waals surface area contributed by atoms with Crippen molar-refractivity contribution in [2.45, 2.75) is 0 Å². The Labute approximate surface area is 107 Å². The lowest BCUT2D eigenvalue weighted by atomic mass is 10.2. The number of hydrogen-bond donors (Lipinski definition) is 1. The van der Waals surface area contributed by atoms with Gasteiger partial charge in [-0.25, -0.2) is 4.39 Å². The molecule has 5 nitrogen and oxygen atoms in total. The lowest BCUT2D eigenvalue weighted by Gasteiger charge is -1.95. The standard InChI is InChI=1S/C13H9FN4O/c14-10-4-9(6-16-7-10)13-17-12(18-19-13)8-2-1-3-11(15)5-8/h1-7H,15H2. The summed E-state index contributed by atoms with van der Waals surface area (Å²) in [6.45, 7) is 0. The smallest absolute Gasteiger partial charge is 0.259 e. The molecule has 94 valence electrons. The van der Waals surface area contributed by atoms with E-state index in [1.54, 1.807) is 18.2 Å². The van der Waals surface area contributed by atoms with Crippen LogP contribution in [0.15, 0.2) is 47.2 Å². The van der Waals surface area contributed by atoms with E-state index < -0.39 is 5.82 Å². The van der Waals surface area contributed by atoms with E-state index in [4.69, 9.17) is 10.3 Å². The second kappa shape index (κ2) is 4.49. The van der Waals surface area contributed by atoms with Gasteiger partial charge >= 0.3 is 0 Å². The van der Waals surface area contributed by atoms with Crippen molar-refractivity contribution in [3.05, 3.63) is 48.5 Å². The zero-order valence-corrected chi connectivity index (χ0v) is 9.75. The van der Waals surface area contributed by atoms with Gasteiger partial charge in [-0.05, 0) is 18.2 Å². The van der Waals surface area contributed by atoms with Crippen LogP contribution in [-0.4, -0.2) is 15.1 Å². The highest BCUT2D eigenvalue weighted by Crippen LogP contribution is 2.23. The molecule has 19 heavy (non-hydrogen) atoms. The molecule has 2 aromatic heterocycles. The fourth-order valence-corrected chi connectivity index (χ4v) is 1.66. The summed E-state index contributed by atoms with van der Waals surface area (Å²) in [7, 11) is 0. The maximum atomic E-state index is 13.1. The summed E-state index contributed by atoms with van der Waals surface area (Å²) in [5.41, 5.74) is 7.46. The number of pyridine rings is 1. The highest BCUT2D eigenvalue weighted by molar-refractivity contribution is 5.62. The van der Waals surface area contributed by atoms with Crippen LogP contribution in [0.25, 0.3) is 22.8 Å². The third kappa shape index (κ3) is 2.28. The van der Waals surface area contributed by atoms with Gasteiger partial charge in [0.2, 0.25) is 5.82 Å². The van der Waals surface area contributed by atoms with Gasteiger partial charge in [0.15, 0.2) is 0 Å². The Morgan fingerprint density at radius 3 is 2.79 bits per heavy atom. The number of benzene rings is 1. The predicted molar refractivity (Wildman–Crippen MR) is 67.3 cm³/mol. The van der Waals surface area contributed by atoms with E-state index in [9.17, 15) is 4.39 Å². The van der Waals surface area contributed by atoms with Gasteiger partial charge in [0, 0.05) is 17.4 Å². The molecule has 0 fully saturated rings. The fraction of sp³-hybridized carbons (Fsp3) is 0. The Morgan fingerprint density at radius 2 is 2.00 bits per heavy atom. The summed E-state index contributed by atoms with van der Waals surface area (Å²) in [6, 6.07) is 8.39. The number of nitrogen functional groups attached to an aromatic ring is 1. The molecule has 0 aliphatic carbocycles. The van der Waals surface area contributed by atoms with Crippen LogP contribution >= 0.6 is 0 Å². The third-order valence-corrected chi connectivity index (χ3v) is 2.52. The minimum atomic E-state index is -0.457. The Balaban J connectivity index is 2.00. The molecule has 0 saturated carbocycles. The summed E-state index contributed by atoms with van der Waals surface area (Å²) in [5.74, 6) is 0.150. The van der Waals surface area contributed by atoms with Crippen LogP contribution in [0.5, 0.6) is 0 Å². The van der Waals surface area contributed by atoms with E-state index in [0.717, 1.165) is 11.8 Å². The number of nitrogens with zero attached hydrogens (tertiary/aromatic N) is 3. The highest BCUT2D eigenvalue weighted by atomic mass is 19.1. The Hall–Kier alpha value is -2.76. The maximum absolute atomic E-state index is 13.1. The first-order valence-corrected chi connectivity index (χ1v) is 5.53. The number of nitrogens with two attached hydrogens (primary N) is 1. The Bertz CT molecular complexity index is 666. The van der Waals surface area contributed by atoms with E-state index >= 15 is 0 Å². The van der Waals surface area contributed by atoms with Gasteiger partial charge in [0.25, 0.3) is 5.89 Å². The first-order valence-electron chi connectivity index (χ1n) is 5.53. The van der Waals surface area contributed by atoms with Crippen molar-refractivity contribution in [3.8, 4) is 22.8 Å². The fourth-order valence-electron chi connectivity index (χ4n) is 1.66. The lowest BCUT2D eigenvalue weighted by molar-refractivity contribution is 0.432. The molecular weight excluding hydrogens is 247 g/mol. The molecule has 0 saturated heterocycles. The molecule has 0 spiro atoms. The molecule has 2 N–H and O–H groups in total. The van der Waals surface area contributed by atoms with Gasteiger partial charge < -0.3 is 10.3 Å². The molecule has 0 atom stereocenters. The normalized spacial score (nSPS) is 10.6. The molecule has 3 aromatic rings. The van der Waals surface area contributed by atoms with E-state index in [-0.39, 0.29) is 5.89 Å². The first kappa shape index (κ1) is 11.3. The molecule has 0 aliphatic heterocycles. The van der Waals surface area contributed by atoms with Gasteiger partial charge in [-0.2, -0.15) is 4.98 Å². The summed E-state index contributed by atoms with van der Waals surface area (Å²) in [6.07, 6.45) is 2.57. The monoisotopic (exact) mass is 256 g/mol. The second-order valence-electron chi connectivity index (χ2n) is 3.94. The molecule has 1 aromatic carbocycles. The van der Waals surface area contributed by atoms with Crippen LogP contribution in [-0.2, 0) is 0 Å². The van der Waals surface area contributed by atoms with Crippen molar-refractivity contribution in [3.63, 3.8) is 0 Å². The van der Waals surface area contributed by atoms with Crippen LogP contribution in [0, 0.1) is 5.82 Å². The van der Waals surface area contributed by atoms with Crippen molar-refractivity contribution in [2.24, 2.45) is 0 Å². The van der Waals surface area contributed by atoms with Crippen LogP contribution in [0.3, 0.4) is 0 Å². The van der Waals surface area contributed by atoms with Gasteiger partial charge in [0.1, 0.15) is 5.82 Å². The zero-order valence-electron chi connectivity index (χ0n) is 9.75. The number of anilines is 1. The molecule has 0 unspecified atom stereocenters. The maximum Gasteiger partial charge on any atom is 0.259 e. The van der Waals surface area contributed by atoms with E-state index in [1.165, 1.54) is 12.3 Å². The van der Waals surface area contributed by atoms with Crippen LogP contribution < -0.4 is 5.73 Å². The summed E-state index contributed by atoms with van der Waals surface area (Å²) >= 11 is 0. The molecule has 2 heterocycles. The molecule has 0 amide bonds. The minimum Gasteiger partial charge on any atom is -0.399 e. The average Bonchev–Trinajstić information content (AvgIpc) is 2.88. The molecule has 0 radical (unpaired) electrons. The largest absolute Gasteiger partial charge is 0.399 e. The first-order chi connectivity index (χ1) is 9.22. The van der Waals surface area contributed by atoms with Crippen molar-refractivity contribution >= 4 is 5.69 Å². The molecular formula is C13H9FN4O. The van der Waals surface area contributed by atoms with Gasteiger partial charge in [-0.15, -0.1) is 0 Å². The van der Waals surface area contributed by atoms with Crippen molar-refractivity contribution < 1.29 is 8.91 Å². The van der Waals surface area contributed by atoms with Crippen LogP contribution in [0.4, 0.5) is 10.1 Å². The van der Waals surface area contributed by atoms with Gasteiger partial charge in [-0.1, -0.05) is 17.3 Å². The summed E-state index contributed by atoms with van der Waals surface area (Å²) in [4.78, 5) is 7.93. The number of rotatable bonds is 2. The molecule has 0 aliphatic rings. The van der Waals surface area contributed by atoms with Crippen LogP contribution in [0.2, 0.25) is 0 Å². The Kier molecular flexibility index (Phi) is 2.68. The molecule has 0 bridgehead atoms. The second-order valence-corrected chi connectivity index (χ2v) is 3.94. The summed E-state index contributed by atoms with van der Waals surface area (Å²) < 4.78 is 18.2. The van der Waals surface area contributed by atoms with Gasteiger partial charge in [0.05, 0.1) is 11.8 Å². The highest BCUT2D eigenvalue weighted by Gasteiger charge is 2.11. The Morgan fingerprint density at radius 1 is 1.11 bits per heavy atom. The predicted octanol–water partition coefficient (Wildman–Crippen LogP) is 2.52. The van der Waals surface area contributed by atoms with E-state index in [0.29, 0.717) is 17.1 Å². The molecule has 3 rings (SSSR count). The van der Waals surface area contributed by atoms with Gasteiger partial charge in [-0.3, -0.25) is 4.98 Å². The minimum absolute atomic E-state index is 0.212. The van der Waals surface area contributed by atoms with Crippen molar-refractivity contribution in [1.82, 2.24) is 15.1 Å². The topological polar surface area (TPSA) is 77.8 Å². The van der Waals surface area contributed by atoms with Crippen molar-refractivity contribution in [2.75, 3.05) is 5.73 Å². The summed E-state index contributed by atoms with van der Waals surface area (Å²) in [5, 5.41) is 3.84. The zero-order chi connectivity index (χ0) is 13.2. The van der Waals surface area contributed by atoms with E-state index in [1.807, 2.05) is 6.07 Å². The number of aromatic nitrogens is 3. The number of halogens is 1. The lowest BCUT2D eigenvalue weighted by Crippen LogP contribution is -1.87. The third-order valence-electron chi connectivity index (χ3n) is 2.52. The average molecular weight is 256 g/mol.